The van der Waals surface area contributed by atoms with Gasteiger partial charge in [0.1, 0.15) is 11.5 Å². The van der Waals surface area contributed by atoms with Crippen LogP contribution in [0.4, 0.5) is 0 Å². The van der Waals surface area contributed by atoms with Gasteiger partial charge in [0.15, 0.2) is 23.3 Å². The van der Waals surface area contributed by atoms with Gasteiger partial charge in [-0.1, -0.05) is 42.5 Å². The van der Waals surface area contributed by atoms with Gasteiger partial charge in [-0.15, -0.1) is 0 Å². The van der Waals surface area contributed by atoms with Gasteiger partial charge in [-0.25, -0.2) is 9.97 Å². The molecule has 170 valence electrons. The number of H-pyrrole nitrogens is 2. The molecule has 0 bridgehead atoms. The number of hydrogen-bond acceptors (Lipinski definition) is 6. The maximum Gasteiger partial charge on any atom is 0.181 e. The fourth-order valence-corrected chi connectivity index (χ4v) is 4.00. The second-order valence-corrected chi connectivity index (χ2v) is 7.86. The standard InChI is InChI=1S/C26H24N6O2/c1-15-19(10-6-12-21(15)33-3)25-27-23(29-31-25)17-8-5-9-18(14-17)24-28-26(32-30-24)20-11-7-13-22(34-4)16(20)2/h5-14H,1-4H3,(H,27,29,31)(H,28,30,32). The number of rotatable bonds is 6. The quantitative estimate of drug-likeness (QED) is 0.366. The Morgan fingerprint density at radius 2 is 1.06 bits per heavy atom. The highest BCUT2D eigenvalue weighted by Gasteiger charge is 2.15. The van der Waals surface area contributed by atoms with Crippen molar-refractivity contribution in [3.63, 3.8) is 0 Å². The van der Waals surface area contributed by atoms with Crippen LogP contribution in [0.1, 0.15) is 11.1 Å². The molecule has 0 aliphatic heterocycles. The number of aromatic amines is 2. The van der Waals surface area contributed by atoms with Crippen LogP contribution < -0.4 is 9.47 Å². The van der Waals surface area contributed by atoms with E-state index in [1.165, 1.54) is 0 Å². The van der Waals surface area contributed by atoms with E-state index >= 15 is 0 Å². The van der Waals surface area contributed by atoms with E-state index < -0.39 is 0 Å². The molecule has 0 spiro atoms. The summed E-state index contributed by atoms with van der Waals surface area (Å²) in [4.78, 5) is 9.44. The molecule has 0 radical (unpaired) electrons. The molecule has 3 aromatic carbocycles. The van der Waals surface area contributed by atoms with E-state index in [1.54, 1.807) is 14.2 Å². The van der Waals surface area contributed by atoms with Gasteiger partial charge in [0.25, 0.3) is 0 Å². The lowest BCUT2D eigenvalue weighted by Gasteiger charge is -2.07. The van der Waals surface area contributed by atoms with Crippen LogP contribution in [-0.2, 0) is 0 Å². The first kappa shape index (κ1) is 21.4. The van der Waals surface area contributed by atoms with Crippen molar-refractivity contribution in [1.29, 1.82) is 0 Å². The molecule has 34 heavy (non-hydrogen) atoms. The van der Waals surface area contributed by atoms with Crippen molar-refractivity contribution in [1.82, 2.24) is 30.4 Å². The van der Waals surface area contributed by atoms with Gasteiger partial charge in [0, 0.05) is 33.4 Å². The van der Waals surface area contributed by atoms with Crippen molar-refractivity contribution in [3.8, 4) is 57.1 Å². The Kier molecular flexibility index (Phi) is 5.55. The third-order valence-electron chi connectivity index (χ3n) is 5.87. The fourth-order valence-electron chi connectivity index (χ4n) is 4.00. The highest BCUT2D eigenvalue weighted by molar-refractivity contribution is 5.71. The lowest BCUT2D eigenvalue weighted by Crippen LogP contribution is -1.91. The van der Waals surface area contributed by atoms with Crippen LogP contribution in [0.5, 0.6) is 11.5 Å². The first-order valence-corrected chi connectivity index (χ1v) is 10.8. The molecule has 0 atom stereocenters. The third kappa shape index (κ3) is 3.79. The Balaban J connectivity index is 1.46. The topological polar surface area (TPSA) is 102 Å². The van der Waals surface area contributed by atoms with E-state index in [0.29, 0.717) is 23.3 Å². The summed E-state index contributed by atoms with van der Waals surface area (Å²) in [5.74, 6) is 4.18. The van der Waals surface area contributed by atoms with Crippen molar-refractivity contribution < 1.29 is 9.47 Å². The zero-order chi connectivity index (χ0) is 23.7. The van der Waals surface area contributed by atoms with Gasteiger partial charge < -0.3 is 9.47 Å². The molecule has 0 unspecified atom stereocenters. The molecule has 0 saturated heterocycles. The van der Waals surface area contributed by atoms with Gasteiger partial charge in [-0.2, -0.15) is 10.2 Å². The minimum atomic E-state index is 0.596. The number of methoxy groups -OCH3 is 2. The Morgan fingerprint density at radius 3 is 1.50 bits per heavy atom. The molecule has 0 aliphatic carbocycles. The van der Waals surface area contributed by atoms with Crippen LogP contribution in [0, 0.1) is 13.8 Å². The molecule has 2 N–H and O–H groups in total. The monoisotopic (exact) mass is 452 g/mol. The van der Waals surface area contributed by atoms with Crippen molar-refractivity contribution in [2.75, 3.05) is 14.2 Å². The Labute approximate surface area is 197 Å². The Hall–Kier alpha value is -4.46. The van der Waals surface area contributed by atoms with Crippen molar-refractivity contribution >= 4 is 0 Å². The second kappa shape index (κ2) is 8.82. The van der Waals surface area contributed by atoms with E-state index in [9.17, 15) is 0 Å². The number of hydrogen-bond donors (Lipinski definition) is 2. The average Bonchev–Trinajstić information content (AvgIpc) is 3.55. The smallest absolute Gasteiger partial charge is 0.181 e. The summed E-state index contributed by atoms with van der Waals surface area (Å²) < 4.78 is 10.9. The van der Waals surface area contributed by atoms with Gasteiger partial charge in [-0.3, -0.25) is 10.2 Å². The van der Waals surface area contributed by atoms with E-state index in [0.717, 1.165) is 44.9 Å². The summed E-state index contributed by atoms with van der Waals surface area (Å²) in [7, 11) is 3.32. The minimum absolute atomic E-state index is 0.596. The molecule has 0 aliphatic rings. The van der Waals surface area contributed by atoms with Crippen LogP contribution in [0.25, 0.3) is 45.6 Å². The van der Waals surface area contributed by atoms with Crippen LogP contribution >= 0.6 is 0 Å². The normalized spacial score (nSPS) is 10.9. The molecule has 5 rings (SSSR count). The van der Waals surface area contributed by atoms with Crippen molar-refractivity contribution in [2.45, 2.75) is 13.8 Å². The van der Waals surface area contributed by atoms with Gasteiger partial charge in [0.05, 0.1) is 14.2 Å². The Morgan fingerprint density at radius 1 is 0.618 bits per heavy atom. The first-order valence-electron chi connectivity index (χ1n) is 10.8. The number of nitrogens with zero attached hydrogens (tertiary/aromatic N) is 4. The molecule has 0 fully saturated rings. The molecular weight excluding hydrogens is 428 g/mol. The second-order valence-electron chi connectivity index (χ2n) is 7.86. The van der Waals surface area contributed by atoms with Gasteiger partial charge in [0.2, 0.25) is 0 Å². The van der Waals surface area contributed by atoms with E-state index in [1.807, 2.05) is 74.5 Å². The largest absolute Gasteiger partial charge is 0.496 e. The molecule has 8 nitrogen and oxygen atoms in total. The van der Waals surface area contributed by atoms with Crippen molar-refractivity contribution in [2.24, 2.45) is 0 Å². The van der Waals surface area contributed by atoms with Crippen LogP contribution in [0.2, 0.25) is 0 Å². The van der Waals surface area contributed by atoms with Crippen molar-refractivity contribution in [3.05, 3.63) is 71.8 Å². The third-order valence-corrected chi connectivity index (χ3v) is 5.87. The predicted molar refractivity (Wildman–Crippen MR) is 131 cm³/mol. The lowest BCUT2D eigenvalue weighted by molar-refractivity contribution is 0.412. The molecule has 0 saturated carbocycles. The van der Waals surface area contributed by atoms with E-state index in [-0.39, 0.29) is 0 Å². The first-order chi connectivity index (χ1) is 16.6. The minimum Gasteiger partial charge on any atom is -0.496 e. The van der Waals surface area contributed by atoms with Crippen LogP contribution in [-0.4, -0.2) is 44.6 Å². The molecule has 5 aromatic rings. The number of ether oxygens (including phenoxy) is 2. The Bertz CT molecular complexity index is 1360. The number of nitrogens with one attached hydrogen (secondary N) is 2. The lowest BCUT2D eigenvalue weighted by atomic mass is 10.1. The molecule has 0 amide bonds. The highest BCUT2D eigenvalue weighted by atomic mass is 16.5. The zero-order valence-corrected chi connectivity index (χ0v) is 19.4. The fraction of sp³-hybridized carbons (Fsp3) is 0.154. The van der Waals surface area contributed by atoms with Gasteiger partial charge >= 0.3 is 0 Å². The highest BCUT2D eigenvalue weighted by Crippen LogP contribution is 2.31. The summed E-state index contributed by atoms with van der Waals surface area (Å²) >= 11 is 0. The molecule has 2 heterocycles. The zero-order valence-electron chi connectivity index (χ0n) is 19.4. The maximum atomic E-state index is 5.43. The summed E-state index contributed by atoms with van der Waals surface area (Å²) in [6, 6.07) is 19.6. The van der Waals surface area contributed by atoms with Gasteiger partial charge in [-0.05, 0) is 32.0 Å². The summed E-state index contributed by atoms with van der Waals surface area (Å²) in [6.45, 7) is 4.00. The summed E-state index contributed by atoms with van der Waals surface area (Å²) in [5.41, 5.74) is 5.63. The van der Waals surface area contributed by atoms with E-state index in [2.05, 4.69) is 20.4 Å². The maximum absolute atomic E-state index is 5.43. The summed E-state index contributed by atoms with van der Waals surface area (Å²) in [5, 5.41) is 15.0. The van der Waals surface area contributed by atoms with E-state index in [4.69, 9.17) is 19.4 Å². The average molecular weight is 453 g/mol. The molecular formula is C26H24N6O2. The number of aromatic nitrogens is 6. The van der Waals surface area contributed by atoms with Crippen LogP contribution in [0.3, 0.4) is 0 Å². The molecule has 8 heteroatoms. The number of benzene rings is 3. The van der Waals surface area contributed by atoms with Crippen LogP contribution in [0.15, 0.2) is 60.7 Å². The summed E-state index contributed by atoms with van der Waals surface area (Å²) in [6.07, 6.45) is 0. The SMILES string of the molecule is COc1cccc(-c2nc(-c3cccc(-c4n[nH]c(-c5cccc(OC)c5C)n4)c3)n[nH]2)c1C. The molecule has 2 aromatic heterocycles. The predicted octanol–water partition coefficient (Wildman–Crippen LogP) is 5.22.